The minimum Gasteiger partial charge on any atom is -0.463 e. The summed E-state index contributed by atoms with van der Waals surface area (Å²) in [7, 11) is 0. The van der Waals surface area contributed by atoms with Gasteiger partial charge in [-0.1, -0.05) is 0 Å². The second-order valence-corrected chi connectivity index (χ2v) is 2.09. The van der Waals surface area contributed by atoms with E-state index in [0.717, 1.165) is 0 Å². The highest BCUT2D eigenvalue weighted by atomic mass is 16.5. The minimum atomic E-state index is -0.388. The van der Waals surface area contributed by atoms with Crippen molar-refractivity contribution < 1.29 is 9.53 Å². The van der Waals surface area contributed by atoms with Crippen molar-refractivity contribution >= 4 is 5.97 Å². The highest BCUT2D eigenvalue weighted by Gasteiger charge is 1.96. The van der Waals surface area contributed by atoms with Gasteiger partial charge < -0.3 is 10.1 Å². The molecule has 0 rings (SSSR count). The Hall–Kier alpha value is -1.50. The number of hydrogen-bond donors (Lipinski definition) is 1. The Morgan fingerprint density at radius 1 is 1.75 bits per heavy atom. The lowest BCUT2D eigenvalue weighted by atomic mass is 10.4. The van der Waals surface area contributed by atoms with Crippen molar-refractivity contribution in [2.45, 2.75) is 13.8 Å². The van der Waals surface area contributed by atoms with Crippen LogP contribution in [0.3, 0.4) is 0 Å². The molecule has 0 radical (unpaired) electrons. The third-order valence-corrected chi connectivity index (χ3v) is 1.07. The van der Waals surface area contributed by atoms with Gasteiger partial charge in [0.2, 0.25) is 0 Å². The molecule has 0 amide bonds. The van der Waals surface area contributed by atoms with E-state index in [1.54, 1.807) is 13.8 Å². The number of allylic oxidation sites excluding steroid dienone is 1. The van der Waals surface area contributed by atoms with Crippen LogP contribution in [-0.2, 0) is 9.53 Å². The Kier molecular flexibility index (Phi) is 5.45. The van der Waals surface area contributed by atoms with E-state index in [1.807, 2.05) is 6.07 Å². The number of nitriles is 1. The summed E-state index contributed by atoms with van der Waals surface area (Å²) >= 11 is 0. The summed E-state index contributed by atoms with van der Waals surface area (Å²) in [5.41, 5.74) is 0.634. The summed E-state index contributed by atoms with van der Waals surface area (Å²) in [4.78, 5) is 10.8. The van der Waals surface area contributed by atoms with E-state index >= 15 is 0 Å². The highest BCUT2D eigenvalue weighted by Crippen LogP contribution is 1.88. The molecule has 4 nitrogen and oxygen atoms in total. The number of carbonyl (C=O) groups excluding carboxylic acids is 1. The van der Waals surface area contributed by atoms with Crippen molar-refractivity contribution in [2.75, 3.05) is 13.2 Å². The molecular formula is C8H12N2O2. The average molecular weight is 168 g/mol. The predicted molar refractivity (Wildman–Crippen MR) is 44.0 cm³/mol. The minimum absolute atomic E-state index is 0.196. The maximum atomic E-state index is 10.8. The van der Waals surface area contributed by atoms with Crippen LogP contribution in [0.5, 0.6) is 0 Å². The van der Waals surface area contributed by atoms with E-state index in [4.69, 9.17) is 5.26 Å². The molecule has 0 unspecified atom stereocenters. The van der Waals surface area contributed by atoms with E-state index in [-0.39, 0.29) is 12.5 Å². The largest absolute Gasteiger partial charge is 0.463 e. The Balaban J connectivity index is 3.82. The molecular weight excluding hydrogens is 156 g/mol. The third-order valence-electron chi connectivity index (χ3n) is 1.07. The lowest BCUT2D eigenvalue weighted by Crippen LogP contribution is -2.13. The van der Waals surface area contributed by atoms with Crippen LogP contribution < -0.4 is 5.32 Å². The maximum absolute atomic E-state index is 10.8. The SMILES string of the molecule is CCOC(=O)C=C(C)NCC#N. The van der Waals surface area contributed by atoms with E-state index < -0.39 is 0 Å². The van der Waals surface area contributed by atoms with Gasteiger partial charge >= 0.3 is 5.97 Å². The fraction of sp³-hybridized carbons (Fsp3) is 0.500. The van der Waals surface area contributed by atoms with Gasteiger partial charge in [-0.2, -0.15) is 5.26 Å². The number of rotatable bonds is 4. The lowest BCUT2D eigenvalue weighted by molar-refractivity contribution is -0.137. The zero-order valence-corrected chi connectivity index (χ0v) is 7.26. The molecule has 0 bridgehead atoms. The van der Waals surface area contributed by atoms with Gasteiger partial charge in [0.1, 0.15) is 6.54 Å². The number of ether oxygens (including phenoxy) is 1. The van der Waals surface area contributed by atoms with E-state index in [1.165, 1.54) is 6.08 Å². The summed E-state index contributed by atoms with van der Waals surface area (Å²) in [6.07, 6.45) is 1.32. The Morgan fingerprint density at radius 3 is 2.92 bits per heavy atom. The van der Waals surface area contributed by atoms with Gasteiger partial charge in [0, 0.05) is 11.8 Å². The molecule has 1 N–H and O–H groups in total. The molecule has 66 valence electrons. The molecule has 0 aliphatic carbocycles. The maximum Gasteiger partial charge on any atom is 0.332 e. The number of hydrogen-bond acceptors (Lipinski definition) is 4. The quantitative estimate of drug-likeness (QED) is 0.378. The second-order valence-electron chi connectivity index (χ2n) is 2.09. The Morgan fingerprint density at radius 2 is 2.42 bits per heavy atom. The number of nitrogens with zero attached hydrogens (tertiary/aromatic N) is 1. The fourth-order valence-corrected chi connectivity index (χ4v) is 0.591. The standard InChI is InChI=1S/C8H12N2O2/c1-3-12-8(11)6-7(2)10-5-4-9/h6,10H,3,5H2,1-2H3. The first kappa shape index (κ1) is 10.5. The molecule has 0 aliphatic heterocycles. The summed E-state index contributed by atoms with van der Waals surface area (Å²) in [5, 5.41) is 10.9. The van der Waals surface area contributed by atoms with Gasteiger partial charge in [-0.3, -0.25) is 0 Å². The van der Waals surface area contributed by atoms with Crippen LogP contribution in [0.2, 0.25) is 0 Å². The molecule has 0 aromatic carbocycles. The van der Waals surface area contributed by atoms with Crippen LogP contribution in [0, 0.1) is 11.3 Å². The topological polar surface area (TPSA) is 62.1 Å². The van der Waals surface area contributed by atoms with Crippen LogP contribution in [-0.4, -0.2) is 19.1 Å². The van der Waals surface area contributed by atoms with Crippen molar-refractivity contribution in [3.63, 3.8) is 0 Å². The Labute approximate surface area is 71.8 Å². The first-order valence-corrected chi connectivity index (χ1v) is 3.66. The van der Waals surface area contributed by atoms with Gasteiger partial charge in [-0.15, -0.1) is 0 Å². The molecule has 0 aromatic rings. The predicted octanol–water partition coefficient (Wildman–Crippen LogP) is 0.566. The smallest absolute Gasteiger partial charge is 0.332 e. The first-order chi connectivity index (χ1) is 5.70. The summed E-state index contributed by atoms with van der Waals surface area (Å²) in [5.74, 6) is -0.388. The van der Waals surface area contributed by atoms with Crippen molar-refractivity contribution in [3.8, 4) is 6.07 Å². The van der Waals surface area contributed by atoms with Crippen LogP contribution in [0.4, 0.5) is 0 Å². The number of esters is 1. The summed E-state index contributed by atoms with van der Waals surface area (Å²) in [6.45, 7) is 4.00. The second kappa shape index (κ2) is 6.23. The van der Waals surface area contributed by atoms with Gasteiger partial charge in [-0.05, 0) is 13.8 Å². The molecule has 0 heterocycles. The first-order valence-electron chi connectivity index (χ1n) is 3.66. The van der Waals surface area contributed by atoms with Gasteiger partial charge in [0.15, 0.2) is 0 Å². The highest BCUT2D eigenvalue weighted by molar-refractivity contribution is 5.82. The molecule has 12 heavy (non-hydrogen) atoms. The molecule has 0 saturated carbocycles. The molecule has 0 aliphatic rings. The van der Waals surface area contributed by atoms with Gasteiger partial charge in [0.05, 0.1) is 12.7 Å². The average Bonchev–Trinajstić information content (AvgIpc) is 2.01. The van der Waals surface area contributed by atoms with Crippen molar-refractivity contribution in [1.29, 1.82) is 5.26 Å². The molecule has 0 saturated heterocycles. The number of nitrogens with one attached hydrogen (secondary N) is 1. The van der Waals surface area contributed by atoms with E-state index in [2.05, 4.69) is 10.1 Å². The molecule has 0 spiro atoms. The normalized spacial score (nSPS) is 10.2. The van der Waals surface area contributed by atoms with Crippen molar-refractivity contribution in [2.24, 2.45) is 0 Å². The number of carbonyl (C=O) groups is 1. The van der Waals surface area contributed by atoms with Crippen LogP contribution in [0.25, 0.3) is 0 Å². The summed E-state index contributed by atoms with van der Waals surface area (Å²) < 4.78 is 4.65. The molecule has 4 heteroatoms. The van der Waals surface area contributed by atoms with E-state index in [9.17, 15) is 4.79 Å². The van der Waals surface area contributed by atoms with Crippen LogP contribution in [0.15, 0.2) is 11.8 Å². The Bertz CT molecular complexity index is 216. The lowest BCUT2D eigenvalue weighted by Gasteiger charge is -2.00. The molecule has 0 aromatic heterocycles. The monoisotopic (exact) mass is 168 g/mol. The van der Waals surface area contributed by atoms with Crippen molar-refractivity contribution in [1.82, 2.24) is 5.32 Å². The zero-order valence-electron chi connectivity index (χ0n) is 7.26. The van der Waals surface area contributed by atoms with E-state index in [0.29, 0.717) is 12.3 Å². The fourth-order valence-electron chi connectivity index (χ4n) is 0.591. The van der Waals surface area contributed by atoms with Gasteiger partial charge in [0.25, 0.3) is 0 Å². The molecule has 0 fully saturated rings. The van der Waals surface area contributed by atoms with Gasteiger partial charge in [-0.25, -0.2) is 4.79 Å². The summed E-state index contributed by atoms with van der Waals surface area (Å²) in [6, 6.07) is 1.90. The van der Waals surface area contributed by atoms with Crippen molar-refractivity contribution in [3.05, 3.63) is 11.8 Å². The third kappa shape index (κ3) is 5.30. The van der Waals surface area contributed by atoms with Crippen LogP contribution in [0.1, 0.15) is 13.8 Å². The molecule has 0 atom stereocenters. The van der Waals surface area contributed by atoms with Crippen LogP contribution >= 0.6 is 0 Å². The zero-order chi connectivity index (χ0) is 9.40.